The maximum absolute atomic E-state index is 10.0. The van der Waals surface area contributed by atoms with Crippen LogP contribution in [0.4, 0.5) is 0 Å². The maximum atomic E-state index is 10.0. The summed E-state index contributed by atoms with van der Waals surface area (Å²) in [5.41, 5.74) is 0.864. The Kier molecular flexibility index (Phi) is 4.27. The van der Waals surface area contributed by atoms with Crippen molar-refractivity contribution in [2.24, 2.45) is 0 Å². The molecule has 0 aliphatic rings. The summed E-state index contributed by atoms with van der Waals surface area (Å²) in [6.45, 7) is 4.50. The summed E-state index contributed by atoms with van der Waals surface area (Å²) in [6, 6.07) is 9.76. The zero-order valence-corrected chi connectivity index (χ0v) is 11.6. The monoisotopic (exact) mass is 260 g/mol. The Morgan fingerprint density at radius 3 is 2.53 bits per heavy atom. The number of benzene rings is 2. The zero-order chi connectivity index (χ0) is 13.8. The van der Waals surface area contributed by atoms with Crippen LogP contribution in [-0.2, 0) is 0 Å². The minimum atomic E-state index is -0.478. The van der Waals surface area contributed by atoms with Crippen molar-refractivity contribution in [3.05, 3.63) is 35.9 Å². The number of ether oxygens (including phenoxy) is 2. The van der Waals surface area contributed by atoms with Crippen LogP contribution in [0.25, 0.3) is 10.8 Å². The SMILES string of the molecule is CCOc1cc(C(O)CC)cc2c(OC)cccc12. The van der Waals surface area contributed by atoms with Gasteiger partial charge in [-0.3, -0.25) is 0 Å². The molecule has 102 valence electrons. The highest BCUT2D eigenvalue weighted by atomic mass is 16.5. The third kappa shape index (κ3) is 2.66. The molecule has 0 amide bonds. The van der Waals surface area contributed by atoms with E-state index in [0.29, 0.717) is 13.0 Å². The molecule has 0 spiro atoms. The molecule has 1 N–H and O–H groups in total. The number of hydrogen-bond acceptors (Lipinski definition) is 3. The molecular formula is C16H20O3. The van der Waals surface area contributed by atoms with E-state index in [0.717, 1.165) is 27.8 Å². The number of aliphatic hydroxyl groups is 1. The molecule has 0 saturated carbocycles. The van der Waals surface area contributed by atoms with Gasteiger partial charge in [-0.05, 0) is 37.1 Å². The van der Waals surface area contributed by atoms with Gasteiger partial charge in [0.15, 0.2) is 0 Å². The van der Waals surface area contributed by atoms with Gasteiger partial charge in [-0.15, -0.1) is 0 Å². The number of hydrogen-bond donors (Lipinski definition) is 1. The van der Waals surface area contributed by atoms with Crippen LogP contribution in [0.2, 0.25) is 0 Å². The van der Waals surface area contributed by atoms with E-state index in [-0.39, 0.29) is 0 Å². The molecule has 2 rings (SSSR count). The predicted molar refractivity (Wildman–Crippen MR) is 76.9 cm³/mol. The van der Waals surface area contributed by atoms with Crippen LogP contribution in [0.15, 0.2) is 30.3 Å². The summed E-state index contributed by atoms with van der Waals surface area (Å²) < 4.78 is 11.1. The van der Waals surface area contributed by atoms with Crippen molar-refractivity contribution in [3.8, 4) is 11.5 Å². The van der Waals surface area contributed by atoms with E-state index < -0.39 is 6.10 Å². The van der Waals surface area contributed by atoms with Crippen LogP contribution < -0.4 is 9.47 Å². The van der Waals surface area contributed by atoms with Crippen molar-refractivity contribution in [1.82, 2.24) is 0 Å². The Labute approximate surface area is 113 Å². The molecule has 0 heterocycles. The second-order valence-electron chi connectivity index (χ2n) is 4.43. The van der Waals surface area contributed by atoms with Crippen molar-refractivity contribution in [2.45, 2.75) is 26.4 Å². The summed E-state index contributed by atoms with van der Waals surface area (Å²) in [6.07, 6.45) is 0.195. The molecule has 0 bridgehead atoms. The fourth-order valence-electron chi connectivity index (χ4n) is 2.23. The van der Waals surface area contributed by atoms with Gasteiger partial charge in [0.2, 0.25) is 0 Å². The van der Waals surface area contributed by atoms with Crippen LogP contribution in [0.1, 0.15) is 31.9 Å². The molecule has 0 aliphatic carbocycles. The maximum Gasteiger partial charge on any atom is 0.127 e. The lowest BCUT2D eigenvalue weighted by atomic mass is 10.0. The largest absolute Gasteiger partial charge is 0.496 e. The van der Waals surface area contributed by atoms with E-state index in [9.17, 15) is 5.11 Å². The highest BCUT2D eigenvalue weighted by Gasteiger charge is 2.13. The fraction of sp³-hybridized carbons (Fsp3) is 0.375. The quantitative estimate of drug-likeness (QED) is 0.891. The van der Waals surface area contributed by atoms with Crippen LogP contribution >= 0.6 is 0 Å². The Morgan fingerprint density at radius 1 is 1.11 bits per heavy atom. The number of fused-ring (bicyclic) bond motifs is 1. The molecule has 0 saturated heterocycles. The fourth-order valence-corrected chi connectivity index (χ4v) is 2.23. The minimum Gasteiger partial charge on any atom is -0.496 e. The summed E-state index contributed by atoms with van der Waals surface area (Å²) >= 11 is 0. The normalized spacial score (nSPS) is 12.4. The topological polar surface area (TPSA) is 38.7 Å². The smallest absolute Gasteiger partial charge is 0.127 e. The van der Waals surface area contributed by atoms with Crippen LogP contribution in [0.5, 0.6) is 11.5 Å². The second kappa shape index (κ2) is 5.93. The average Bonchev–Trinajstić information content (AvgIpc) is 2.45. The lowest BCUT2D eigenvalue weighted by Crippen LogP contribution is -1.99. The van der Waals surface area contributed by atoms with Crippen molar-refractivity contribution in [1.29, 1.82) is 0 Å². The van der Waals surface area contributed by atoms with Crippen LogP contribution in [-0.4, -0.2) is 18.8 Å². The minimum absolute atomic E-state index is 0.478. The van der Waals surface area contributed by atoms with Gasteiger partial charge in [0.05, 0.1) is 19.8 Å². The Balaban J connectivity index is 2.68. The first kappa shape index (κ1) is 13.7. The summed E-state index contributed by atoms with van der Waals surface area (Å²) in [5.74, 6) is 1.59. The summed E-state index contributed by atoms with van der Waals surface area (Å²) in [4.78, 5) is 0. The Bertz CT molecular complexity index is 563. The van der Waals surface area contributed by atoms with Gasteiger partial charge in [-0.1, -0.05) is 19.1 Å². The van der Waals surface area contributed by atoms with E-state index in [2.05, 4.69) is 0 Å². The highest BCUT2D eigenvalue weighted by molar-refractivity contribution is 5.93. The van der Waals surface area contributed by atoms with Crippen LogP contribution in [0, 0.1) is 0 Å². The van der Waals surface area contributed by atoms with Gasteiger partial charge in [0, 0.05) is 10.8 Å². The zero-order valence-electron chi connectivity index (χ0n) is 11.6. The van der Waals surface area contributed by atoms with Crippen molar-refractivity contribution < 1.29 is 14.6 Å². The second-order valence-corrected chi connectivity index (χ2v) is 4.43. The average molecular weight is 260 g/mol. The molecule has 0 radical (unpaired) electrons. The van der Waals surface area contributed by atoms with Gasteiger partial charge in [-0.25, -0.2) is 0 Å². The molecule has 3 nitrogen and oxygen atoms in total. The number of rotatable bonds is 5. The summed E-state index contributed by atoms with van der Waals surface area (Å²) in [7, 11) is 1.65. The van der Waals surface area contributed by atoms with Gasteiger partial charge in [0.1, 0.15) is 11.5 Å². The van der Waals surface area contributed by atoms with E-state index >= 15 is 0 Å². The first-order chi connectivity index (χ1) is 9.21. The first-order valence-corrected chi connectivity index (χ1v) is 6.62. The molecule has 1 unspecified atom stereocenters. The molecule has 1 atom stereocenters. The van der Waals surface area contributed by atoms with E-state index in [1.807, 2.05) is 44.2 Å². The highest BCUT2D eigenvalue weighted by Crippen LogP contribution is 2.35. The van der Waals surface area contributed by atoms with Gasteiger partial charge in [0.25, 0.3) is 0 Å². The lowest BCUT2D eigenvalue weighted by molar-refractivity contribution is 0.173. The van der Waals surface area contributed by atoms with E-state index in [1.54, 1.807) is 7.11 Å². The molecule has 0 fully saturated rings. The van der Waals surface area contributed by atoms with Crippen molar-refractivity contribution in [2.75, 3.05) is 13.7 Å². The van der Waals surface area contributed by atoms with Gasteiger partial charge in [-0.2, -0.15) is 0 Å². The third-order valence-electron chi connectivity index (χ3n) is 3.23. The lowest BCUT2D eigenvalue weighted by Gasteiger charge is -2.15. The molecule has 3 heteroatoms. The van der Waals surface area contributed by atoms with E-state index in [1.165, 1.54) is 0 Å². The standard InChI is InChI=1S/C16H20O3/c1-4-14(17)11-9-13-12(16(10-11)19-5-2)7-6-8-15(13)18-3/h6-10,14,17H,4-5H2,1-3H3. The Morgan fingerprint density at radius 2 is 1.89 bits per heavy atom. The third-order valence-corrected chi connectivity index (χ3v) is 3.23. The van der Waals surface area contributed by atoms with Crippen molar-refractivity contribution >= 4 is 10.8 Å². The summed E-state index contributed by atoms with van der Waals surface area (Å²) in [5, 5.41) is 12.0. The molecule has 19 heavy (non-hydrogen) atoms. The molecule has 2 aromatic carbocycles. The van der Waals surface area contributed by atoms with Gasteiger partial charge >= 0.3 is 0 Å². The van der Waals surface area contributed by atoms with Gasteiger partial charge < -0.3 is 14.6 Å². The predicted octanol–water partition coefficient (Wildman–Crippen LogP) is 3.69. The number of methoxy groups -OCH3 is 1. The molecular weight excluding hydrogens is 240 g/mol. The molecule has 0 aromatic heterocycles. The van der Waals surface area contributed by atoms with Crippen LogP contribution in [0.3, 0.4) is 0 Å². The first-order valence-electron chi connectivity index (χ1n) is 6.62. The van der Waals surface area contributed by atoms with Crippen molar-refractivity contribution in [3.63, 3.8) is 0 Å². The van der Waals surface area contributed by atoms with E-state index in [4.69, 9.17) is 9.47 Å². The number of aliphatic hydroxyl groups excluding tert-OH is 1. The molecule has 2 aromatic rings. The Hall–Kier alpha value is -1.74. The molecule has 0 aliphatic heterocycles.